The van der Waals surface area contributed by atoms with Crippen molar-refractivity contribution in [2.24, 2.45) is 16.3 Å². The van der Waals surface area contributed by atoms with Gasteiger partial charge in [-0.25, -0.2) is 0 Å². The fourth-order valence-electron chi connectivity index (χ4n) is 3.32. The Kier molecular flexibility index (Phi) is 4.05. The Labute approximate surface area is 104 Å². The highest BCUT2D eigenvalue weighted by molar-refractivity contribution is 5.81. The number of rotatable bonds is 4. The van der Waals surface area contributed by atoms with Gasteiger partial charge in [0.1, 0.15) is 6.61 Å². The maximum absolute atomic E-state index is 9.88. The third-order valence-corrected chi connectivity index (χ3v) is 4.09. The number of aliphatic hydroxyl groups is 1. The molecule has 0 radical (unpaired) electrons. The van der Waals surface area contributed by atoms with E-state index in [0.717, 1.165) is 51.4 Å². The van der Waals surface area contributed by atoms with Crippen LogP contribution in [0.25, 0.3) is 0 Å². The summed E-state index contributed by atoms with van der Waals surface area (Å²) in [5.74, 6) is 1.21. The van der Waals surface area contributed by atoms with Gasteiger partial charge in [-0.2, -0.15) is 0 Å². The molecule has 98 valence electrons. The molecule has 0 aliphatic carbocycles. The summed E-state index contributed by atoms with van der Waals surface area (Å²) < 4.78 is 5.65. The smallest absolute Gasteiger partial charge is 0.187 e. The minimum Gasteiger partial charge on any atom is -0.479 e. The summed E-state index contributed by atoms with van der Waals surface area (Å²) in [6.45, 7) is 5.94. The molecule has 1 N–H and O–H groups in total. The molecule has 2 rings (SSSR count). The van der Waals surface area contributed by atoms with Gasteiger partial charge >= 0.3 is 0 Å². The number of aliphatic imine (C=N–C) groups is 1. The second-order valence-electron chi connectivity index (χ2n) is 5.42. The van der Waals surface area contributed by atoms with Crippen LogP contribution < -0.4 is 0 Å². The molecule has 17 heavy (non-hydrogen) atoms. The van der Waals surface area contributed by atoms with Crippen LogP contribution in [0.1, 0.15) is 26.2 Å². The zero-order valence-corrected chi connectivity index (χ0v) is 11.0. The molecule has 2 atom stereocenters. The lowest BCUT2D eigenvalue weighted by atomic mass is 9.68. The second kappa shape index (κ2) is 5.36. The molecule has 0 aromatic rings. The Morgan fingerprint density at radius 2 is 2.41 bits per heavy atom. The monoisotopic (exact) mass is 240 g/mol. The molecule has 0 bridgehead atoms. The Morgan fingerprint density at radius 3 is 3.00 bits per heavy atom. The first-order valence-corrected chi connectivity index (χ1v) is 6.68. The molecule has 4 nitrogen and oxygen atoms in total. The van der Waals surface area contributed by atoms with Crippen molar-refractivity contribution in [3.63, 3.8) is 0 Å². The SMILES string of the molecule is CCC[C@@]1(CO)CN(C)CC[C@@H]1C1=NCCO1. The number of nitrogens with zero attached hydrogens (tertiary/aromatic N) is 2. The van der Waals surface area contributed by atoms with Crippen LogP contribution in [-0.2, 0) is 4.74 Å². The first-order chi connectivity index (χ1) is 8.22. The van der Waals surface area contributed by atoms with Crippen LogP contribution in [-0.4, -0.2) is 55.8 Å². The molecule has 0 unspecified atom stereocenters. The van der Waals surface area contributed by atoms with Crippen LogP contribution in [0.3, 0.4) is 0 Å². The van der Waals surface area contributed by atoms with E-state index in [1.165, 1.54) is 0 Å². The Bertz CT molecular complexity index is 293. The van der Waals surface area contributed by atoms with Crippen molar-refractivity contribution in [1.29, 1.82) is 0 Å². The van der Waals surface area contributed by atoms with E-state index >= 15 is 0 Å². The highest BCUT2D eigenvalue weighted by Crippen LogP contribution is 2.40. The van der Waals surface area contributed by atoms with Gasteiger partial charge in [-0.05, 0) is 26.4 Å². The molecular weight excluding hydrogens is 216 g/mol. The second-order valence-corrected chi connectivity index (χ2v) is 5.42. The van der Waals surface area contributed by atoms with Gasteiger partial charge in [0.2, 0.25) is 0 Å². The summed E-state index contributed by atoms with van der Waals surface area (Å²) in [7, 11) is 2.13. The van der Waals surface area contributed by atoms with E-state index in [-0.39, 0.29) is 12.0 Å². The molecule has 2 heterocycles. The molecule has 2 aliphatic rings. The summed E-state index contributed by atoms with van der Waals surface area (Å²) in [6.07, 6.45) is 3.19. The normalized spacial score (nSPS) is 34.5. The van der Waals surface area contributed by atoms with Crippen molar-refractivity contribution in [3.05, 3.63) is 0 Å². The first kappa shape index (κ1) is 12.8. The van der Waals surface area contributed by atoms with E-state index in [4.69, 9.17) is 4.74 Å². The van der Waals surface area contributed by atoms with Gasteiger partial charge in [-0.15, -0.1) is 0 Å². The van der Waals surface area contributed by atoms with Crippen molar-refractivity contribution in [3.8, 4) is 0 Å². The van der Waals surface area contributed by atoms with Crippen LogP contribution >= 0.6 is 0 Å². The van der Waals surface area contributed by atoms with Gasteiger partial charge in [0, 0.05) is 17.9 Å². The summed E-state index contributed by atoms with van der Waals surface area (Å²) in [5.41, 5.74) is -0.0507. The first-order valence-electron chi connectivity index (χ1n) is 6.68. The minimum atomic E-state index is -0.0507. The largest absolute Gasteiger partial charge is 0.479 e. The fraction of sp³-hybridized carbons (Fsp3) is 0.923. The highest BCUT2D eigenvalue weighted by Gasteiger charge is 2.45. The summed E-state index contributed by atoms with van der Waals surface area (Å²) >= 11 is 0. The van der Waals surface area contributed by atoms with Crippen LogP contribution in [0.2, 0.25) is 0 Å². The lowest BCUT2D eigenvalue weighted by Crippen LogP contribution is -2.52. The molecule has 0 amide bonds. The van der Waals surface area contributed by atoms with Crippen molar-refractivity contribution in [2.75, 3.05) is 39.9 Å². The number of aliphatic hydroxyl groups excluding tert-OH is 1. The molecule has 0 aromatic carbocycles. The van der Waals surface area contributed by atoms with E-state index in [1.54, 1.807) is 0 Å². The third kappa shape index (κ3) is 2.47. The lowest BCUT2D eigenvalue weighted by molar-refractivity contribution is 0.00263. The lowest BCUT2D eigenvalue weighted by Gasteiger charge is -2.46. The zero-order chi connectivity index (χ0) is 12.3. The molecule has 0 aromatic heterocycles. The highest BCUT2D eigenvalue weighted by atomic mass is 16.5. The number of likely N-dealkylation sites (tertiary alicyclic amines) is 1. The van der Waals surface area contributed by atoms with Crippen molar-refractivity contribution < 1.29 is 9.84 Å². The number of piperidine rings is 1. The topological polar surface area (TPSA) is 45.1 Å². The van der Waals surface area contributed by atoms with Gasteiger partial charge in [-0.3, -0.25) is 4.99 Å². The third-order valence-electron chi connectivity index (χ3n) is 4.09. The average molecular weight is 240 g/mol. The standard InChI is InChI=1S/C13H24N2O2/c1-3-5-13(10-16)9-15(2)7-4-11(13)12-14-6-8-17-12/h11,16H,3-10H2,1-2H3/t11-,13+/m1/s1. The molecule has 2 aliphatic heterocycles. The molecule has 0 spiro atoms. The zero-order valence-electron chi connectivity index (χ0n) is 11.0. The summed E-state index contributed by atoms with van der Waals surface area (Å²) in [6, 6.07) is 0. The van der Waals surface area contributed by atoms with Crippen molar-refractivity contribution in [1.82, 2.24) is 4.90 Å². The van der Waals surface area contributed by atoms with Crippen LogP contribution in [0.4, 0.5) is 0 Å². The quantitative estimate of drug-likeness (QED) is 0.801. The fourth-order valence-corrected chi connectivity index (χ4v) is 3.32. The molecule has 1 fully saturated rings. The molecule has 0 saturated carbocycles. The van der Waals surface area contributed by atoms with Crippen molar-refractivity contribution in [2.45, 2.75) is 26.2 Å². The Balaban J connectivity index is 2.20. The Hall–Kier alpha value is -0.610. The summed E-state index contributed by atoms with van der Waals surface area (Å²) in [5, 5.41) is 9.88. The van der Waals surface area contributed by atoms with Crippen LogP contribution in [0.15, 0.2) is 4.99 Å². The van der Waals surface area contributed by atoms with Gasteiger partial charge < -0.3 is 14.7 Å². The molecule has 4 heteroatoms. The predicted molar refractivity (Wildman–Crippen MR) is 68.3 cm³/mol. The van der Waals surface area contributed by atoms with E-state index in [0.29, 0.717) is 5.92 Å². The van der Waals surface area contributed by atoms with E-state index in [2.05, 4.69) is 23.9 Å². The number of ether oxygens (including phenoxy) is 1. The maximum atomic E-state index is 9.88. The minimum absolute atomic E-state index is 0.0507. The summed E-state index contributed by atoms with van der Waals surface area (Å²) in [4.78, 5) is 6.79. The van der Waals surface area contributed by atoms with E-state index in [1.807, 2.05) is 0 Å². The molecular formula is C13H24N2O2. The molecule has 1 saturated heterocycles. The van der Waals surface area contributed by atoms with Crippen molar-refractivity contribution >= 4 is 5.90 Å². The van der Waals surface area contributed by atoms with E-state index in [9.17, 15) is 5.11 Å². The Morgan fingerprint density at radius 1 is 1.59 bits per heavy atom. The van der Waals surface area contributed by atoms with Gasteiger partial charge in [0.05, 0.1) is 13.2 Å². The maximum Gasteiger partial charge on any atom is 0.187 e. The van der Waals surface area contributed by atoms with Gasteiger partial charge in [0.25, 0.3) is 0 Å². The van der Waals surface area contributed by atoms with Gasteiger partial charge in [0.15, 0.2) is 5.90 Å². The number of hydrogen-bond acceptors (Lipinski definition) is 4. The average Bonchev–Trinajstić information content (AvgIpc) is 2.83. The van der Waals surface area contributed by atoms with Crippen LogP contribution in [0.5, 0.6) is 0 Å². The van der Waals surface area contributed by atoms with Gasteiger partial charge in [-0.1, -0.05) is 13.3 Å². The number of hydrogen-bond donors (Lipinski definition) is 1. The van der Waals surface area contributed by atoms with E-state index < -0.39 is 0 Å². The predicted octanol–water partition coefficient (Wildman–Crippen LogP) is 1.15. The van der Waals surface area contributed by atoms with Crippen LogP contribution in [0, 0.1) is 11.3 Å².